The molecule has 0 aliphatic rings. The lowest BCUT2D eigenvalue weighted by atomic mass is 10.2. The fraction of sp³-hybridized carbons (Fsp3) is 0.381. The van der Waals surface area contributed by atoms with Gasteiger partial charge in [0.15, 0.2) is 17.5 Å². The molecule has 0 aliphatic heterocycles. The number of methoxy groups -OCH3 is 3. The summed E-state index contributed by atoms with van der Waals surface area (Å²) < 4.78 is 21.4. The molecule has 2 rings (SSSR count). The van der Waals surface area contributed by atoms with Gasteiger partial charge in [-0.15, -0.1) is 0 Å². The Hall–Kier alpha value is -3.09. The fourth-order valence-electron chi connectivity index (χ4n) is 2.54. The highest BCUT2D eigenvalue weighted by Gasteiger charge is 2.05. The molecule has 0 bridgehead atoms. The number of ether oxygens (including phenoxy) is 4. The predicted octanol–water partition coefficient (Wildman–Crippen LogP) is 2.85. The second kappa shape index (κ2) is 11.6. The van der Waals surface area contributed by atoms with Crippen LogP contribution in [0, 0.1) is 0 Å². The first-order valence-electron chi connectivity index (χ1n) is 9.12. The highest BCUT2D eigenvalue weighted by Crippen LogP contribution is 2.27. The molecule has 0 unspecified atom stereocenters. The summed E-state index contributed by atoms with van der Waals surface area (Å²) in [7, 11) is 6.65. The van der Waals surface area contributed by atoms with E-state index in [1.165, 1.54) is 0 Å². The average Bonchev–Trinajstić information content (AvgIpc) is 2.75. The van der Waals surface area contributed by atoms with Gasteiger partial charge in [0.2, 0.25) is 0 Å². The monoisotopic (exact) mass is 387 g/mol. The van der Waals surface area contributed by atoms with Crippen LogP contribution in [0.3, 0.4) is 0 Å². The van der Waals surface area contributed by atoms with E-state index in [1.807, 2.05) is 42.5 Å². The highest BCUT2D eigenvalue weighted by molar-refractivity contribution is 5.79. The van der Waals surface area contributed by atoms with E-state index in [-0.39, 0.29) is 0 Å². The summed E-state index contributed by atoms with van der Waals surface area (Å²) in [6.45, 7) is 2.00. The van der Waals surface area contributed by atoms with E-state index in [0.29, 0.717) is 24.7 Å². The van der Waals surface area contributed by atoms with Crippen LogP contribution in [0.4, 0.5) is 0 Å². The van der Waals surface area contributed by atoms with Crippen LogP contribution in [-0.2, 0) is 6.54 Å². The number of aliphatic imine (C=N–C) groups is 1. The normalized spacial score (nSPS) is 10.9. The van der Waals surface area contributed by atoms with Gasteiger partial charge in [0, 0.05) is 20.1 Å². The van der Waals surface area contributed by atoms with Crippen molar-refractivity contribution in [3.63, 3.8) is 0 Å². The molecule has 28 heavy (non-hydrogen) atoms. The zero-order valence-electron chi connectivity index (χ0n) is 17.0. The van der Waals surface area contributed by atoms with E-state index in [0.717, 1.165) is 36.0 Å². The van der Waals surface area contributed by atoms with Crippen molar-refractivity contribution in [3.8, 4) is 23.0 Å². The molecular weight excluding hydrogens is 358 g/mol. The molecule has 0 amide bonds. The van der Waals surface area contributed by atoms with Gasteiger partial charge in [0.05, 0.1) is 27.9 Å². The van der Waals surface area contributed by atoms with E-state index in [9.17, 15) is 0 Å². The molecule has 0 aromatic heterocycles. The van der Waals surface area contributed by atoms with E-state index in [2.05, 4.69) is 15.6 Å². The van der Waals surface area contributed by atoms with Crippen LogP contribution < -0.4 is 29.6 Å². The first-order chi connectivity index (χ1) is 13.7. The van der Waals surface area contributed by atoms with Crippen molar-refractivity contribution in [2.24, 2.45) is 4.99 Å². The third-order valence-corrected chi connectivity index (χ3v) is 4.07. The van der Waals surface area contributed by atoms with E-state index < -0.39 is 0 Å². The molecule has 0 heterocycles. The summed E-state index contributed by atoms with van der Waals surface area (Å²) >= 11 is 0. The summed E-state index contributed by atoms with van der Waals surface area (Å²) in [6, 6.07) is 13.4. The molecule has 0 spiro atoms. The molecule has 2 aromatic carbocycles. The molecule has 7 heteroatoms. The summed E-state index contributed by atoms with van der Waals surface area (Å²) in [5.41, 5.74) is 1.07. The molecule has 7 nitrogen and oxygen atoms in total. The maximum Gasteiger partial charge on any atom is 0.191 e. The number of rotatable bonds is 10. The van der Waals surface area contributed by atoms with Crippen molar-refractivity contribution in [2.75, 3.05) is 41.5 Å². The topological polar surface area (TPSA) is 73.3 Å². The minimum absolute atomic E-state index is 0.617. The van der Waals surface area contributed by atoms with Gasteiger partial charge in [-0.1, -0.05) is 6.07 Å². The van der Waals surface area contributed by atoms with Crippen molar-refractivity contribution in [1.82, 2.24) is 10.6 Å². The molecular formula is C21H29N3O4. The lowest BCUT2D eigenvalue weighted by Crippen LogP contribution is -2.37. The van der Waals surface area contributed by atoms with Gasteiger partial charge in [0.25, 0.3) is 0 Å². The number of benzene rings is 2. The highest BCUT2D eigenvalue weighted by atomic mass is 16.5. The number of hydrogen-bond acceptors (Lipinski definition) is 5. The number of guanidine groups is 1. The van der Waals surface area contributed by atoms with E-state index >= 15 is 0 Å². The van der Waals surface area contributed by atoms with Crippen molar-refractivity contribution in [2.45, 2.75) is 13.0 Å². The Morgan fingerprint density at radius 2 is 1.57 bits per heavy atom. The van der Waals surface area contributed by atoms with Crippen LogP contribution in [0.25, 0.3) is 0 Å². The summed E-state index contributed by atoms with van der Waals surface area (Å²) in [4.78, 5) is 4.24. The van der Waals surface area contributed by atoms with Gasteiger partial charge >= 0.3 is 0 Å². The van der Waals surface area contributed by atoms with Gasteiger partial charge in [-0.3, -0.25) is 4.99 Å². The lowest BCUT2D eigenvalue weighted by Gasteiger charge is -2.14. The molecule has 2 N–H and O–H groups in total. The molecule has 152 valence electrons. The third-order valence-electron chi connectivity index (χ3n) is 4.07. The van der Waals surface area contributed by atoms with E-state index in [4.69, 9.17) is 18.9 Å². The fourth-order valence-corrected chi connectivity index (χ4v) is 2.54. The van der Waals surface area contributed by atoms with Gasteiger partial charge in [-0.25, -0.2) is 0 Å². The van der Waals surface area contributed by atoms with Crippen LogP contribution in [0.15, 0.2) is 47.5 Å². The second-order valence-corrected chi connectivity index (χ2v) is 5.92. The Morgan fingerprint density at radius 1 is 0.857 bits per heavy atom. The Kier molecular flexibility index (Phi) is 8.78. The van der Waals surface area contributed by atoms with Crippen LogP contribution in [0.5, 0.6) is 23.0 Å². The Bertz CT molecular complexity index is 748. The third kappa shape index (κ3) is 6.57. The molecule has 0 aliphatic carbocycles. The van der Waals surface area contributed by atoms with Crippen LogP contribution >= 0.6 is 0 Å². The van der Waals surface area contributed by atoms with Crippen molar-refractivity contribution in [1.29, 1.82) is 0 Å². The zero-order chi connectivity index (χ0) is 20.2. The summed E-state index contributed by atoms with van der Waals surface area (Å²) in [5.74, 6) is 3.81. The molecule has 0 saturated heterocycles. The standard InChI is InChI=1S/C21H29N3O4/c1-22-21(24-15-16-6-11-19(26-3)20(14-16)27-4)23-12-5-13-28-18-9-7-17(25-2)8-10-18/h6-11,14H,5,12-13,15H2,1-4H3,(H2,22,23,24). The van der Waals surface area contributed by atoms with Gasteiger partial charge in [0.1, 0.15) is 11.5 Å². The smallest absolute Gasteiger partial charge is 0.191 e. The minimum Gasteiger partial charge on any atom is -0.497 e. The predicted molar refractivity (Wildman–Crippen MR) is 111 cm³/mol. The zero-order valence-corrected chi connectivity index (χ0v) is 17.0. The maximum atomic E-state index is 5.72. The van der Waals surface area contributed by atoms with Gasteiger partial charge in [-0.05, 0) is 48.4 Å². The Labute approximate surface area is 166 Å². The maximum absolute atomic E-state index is 5.72. The average molecular weight is 387 g/mol. The first kappa shape index (κ1) is 21.2. The SMILES string of the molecule is CN=C(NCCCOc1ccc(OC)cc1)NCc1ccc(OC)c(OC)c1. The van der Waals surface area contributed by atoms with Crippen LogP contribution in [-0.4, -0.2) is 47.5 Å². The lowest BCUT2D eigenvalue weighted by molar-refractivity contribution is 0.310. The van der Waals surface area contributed by atoms with Crippen molar-refractivity contribution >= 4 is 5.96 Å². The van der Waals surface area contributed by atoms with Crippen molar-refractivity contribution in [3.05, 3.63) is 48.0 Å². The van der Waals surface area contributed by atoms with Gasteiger partial charge in [-0.2, -0.15) is 0 Å². The minimum atomic E-state index is 0.617. The Morgan fingerprint density at radius 3 is 2.21 bits per heavy atom. The van der Waals surface area contributed by atoms with Gasteiger partial charge < -0.3 is 29.6 Å². The molecule has 2 aromatic rings. The largest absolute Gasteiger partial charge is 0.497 e. The Balaban J connectivity index is 1.69. The van der Waals surface area contributed by atoms with Crippen LogP contribution in [0.2, 0.25) is 0 Å². The molecule has 0 saturated carbocycles. The molecule has 0 radical (unpaired) electrons. The number of nitrogens with zero attached hydrogens (tertiary/aromatic N) is 1. The summed E-state index contributed by atoms with van der Waals surface area (Å²) in [5, 5.41) is 6.56. The first-order valence-corrected chi connectivity index (χ1v) is 9.12. The molecule has 0 fully saturated rings. The second-order valence-electron chi connectivity index (χ2n) is 5.92. The van der Waals surface area contributed by atoms with E-state index in [1.54, 1.807) is 28.4 Å². The molecule has 0 atom stereocenters. The quantitative estimate of drug-likeness (QED) is 0.371. The number of nitrogens with one attached hydrogen (secondary N) is 2. The van der Waals surface area contributed by atoms with Crippen LogP contribution in [0.1, 0.15) is 12.0 Å². The van der Waals surface area contributed by atoms with Crippen molar-refractivity contribution < 1.29 is 18.9 Å². The summed E-state index contributed by atoms with van der Waals surface area (Å²) in [6.07, 6.45) is 0.850. The number of hydrogen-bond donors (Lipinski definition) is 2.